The first-order valence-electron chi connectivity index (χ1n) is 23.2. The van der Waals surface area contributed by atoms with Crippen LogP contribution in [-0.4, -0.2) is 83.5 Å². The van der Waals surface area contributed by atoms with E-state index in [9.17, 15) is 38.8 Å². The Labute approximate surface area is 450 Å². The van der Waals surface area contributed by atoms with Crippen LogP contribution in [0.3, 0.4) is 0 Å². The van der Waals surface area contributed by atoms with E-state index >= 15 is 0 Å². The molecule has 0 aliphatic heterocycles. The predicted octanol–water partition coefficient (Wildman–Crippen LogP) is 6.98. The Bertz CT molecular complexity index is 3730. The van der Waals surface area contributed by atoms with Gasteiger partial charge in [0.05, 0.1) is 55.3 Å². The maximum Gasteiger partial charge on any atom is 0.386 e. The number of ether oxygens (including phenoxy) is 5. The first kappa shape index (κ1) is 56.7. The number of hydrogen-bond donors (Lipinski definition) is 0. The predicted molar refractivity (Wildman–Crippen MR) is 292 cm³/mol. The largest absolute Gasteiger partial charge is 0.474 e. The minimum atomic E-state index is -0.757. The van der Waals surface area contributed by atoms with E-state index in [0.29, 0.717) is 86.2 Å². The summed E-state index contributed by atoms with van der Waals surface area (Å²) in [4.78, 5) is 96.2. The molecule has 0 atom stereocenters. The quantitative estimate of drug-likeness (QED) is 0.0740. The molecule has 0 fully saturated rings. The number of methoxy groups -OCH3 is 5. The number of nitrogens with zero attached hydrogens (tertiary/aromatic N) is 5. The summed E-state index contributed by atoms with van der Waals surface area (Å²) in [6, 6.07) is 43.8. The molecule has 17 nitrogen and oxygen atoms in total. The third-order valence-electron chi connectivity index (χ3n) is 12.1. The summed E-state index contributed by atoms with van der Waals surface area (Å²) in [5.41, 5.74) is 1.38. The lowest BCUT2D eigenvalue weighted by Gasteiger charge is -2.16. The molecule has 0 N–H and O–H groups in total. The van der Waals surface area contributed by atoms with Gasteiger partial charge in [0, 0.05) is 43.1 Å². The Morgan fingerprint density at radius 3 is 0.823 bits per heavy atom. The van der Waals surface area contributed by atoms with Crippen molar-refractivity contribution >= 4 is 107 Å². The smallest absolute Gasteiger partial charge is 0.386 e. The monoisotopic (exact) mass is 1050 g/mol. The van der Waals surface area contributed by atoms with Crippen molar-refractivity contribution < 1.29 is 57.2 Å². The van der Waals surface area contributed by atoms with Gasteiger partial charge in [-0.2, -0.15) is 5.26 Å². The van der Waals surface area contributed by atoms with Crippen LogP contribution in [0.15, 0.2) is 146 Å². The van der Waals surface area contributed by atoms with Gasteiger partial charge in [0.1, 0.15) is 11.6 Å². The Morgan fingerprint density at radius 2 is 0.633 bits per heavy atom. The van der Waals surface area contributed by atoms with Crippen molar-refractivity contribution in [2.75, 3.05) is 42.1 Å². The van der Waals surface area contributed by atoms with Gasteiger partial charge in [-0.1, -0.05) is 146 Å². The van der Waals surface area contributed by atoms with Gasteiger partial charge in [0.25, 0.3) is 17.1 Å². The molecule has 0 unspecified atom stereocenters. The Kier molecular flexibility index (Phi) is 18.7. The lowest BCUT2D eigenvalue weighted by molar-refractivity contribution is -0.138. The van der Waals surface area contributed by atoms with Crippen molar-refractivity contribution in [3.05, 3.63) is 234 Å². The maximum absolute atomic E-state index is 12.3. The Balaban J connectivity index is 0.000000185. The highest BCUT2D eigenvalue weighted by Gasteiger charge is 2.28. The molecule has 1 aliphatic rings. The van der Waals surface area contributed by atoms with Crippen LogP contribution in [0, 0.1) is 37.6 Å². The second-order valence-corrected chi connectivity index (χ2v) is 16.2. The average molecular weight is 1050 g/mol. The van der Waals surface area contributed by atoms with Crippen molar-refractivity contribution in [3.63, 3.8) is 0 Å². The fourth-order valence-electron chi connectivity index (χ4n) is 8.68. The van der Waals surface area contributed by atoms with E-state index < -0.39 is 29.8 Å². The number of carbonyl (C=O) groups is 7. The fraction of sp³-hybridized carbons (Fsp3) is 0.0968. The van der Waals surface area contributed by atoms with Gasteiger partial charge < -0.3 is 28.5 Å². The van der Waals surface area contributed by atoms with Crippen molar-refractivity contribution in [1.29, 1.82) is 5.26 Å². The topological polar surface area (TPSA) is 207 Å². The molecule has 0 amide bonds. The van der Waals surface area contributed by atoms with E-state index in [1.54, 1.807) is 146 Å². The van der Waals surface area contributed by atoms with Crippen molar-refractivity contribution in [3.8, 4) is 6.07 Å². The average Bonchev–Trinajstić information content (AvgIpc) is 3.54. The minimum Gasteiger partial charge on any atom is -0.474 e. The number of carbonyl (C=O) groups excluding carboxylic acids is 7. The summed E-state index contributed by atoms with van der Waals surface area (Å²) in [6.45, 7) is 28.5. The van der Waals surface area contributed by atoms with Crippen LogP contribution in [0.25, 0.3) is 85.1 Å². The zero-order chi connectivity index (χ0) is 57.3. The first-order chi connectivity index (χ1) is 38.3. The van der Waals surface area contributed by atoms with E-state index in [1.165, 1.54) is 35.5 Å². The first-order valence-corrected chi connectivity index (χ1v) is 23.2. The number of hydrogen-bond acceptors (Lipinski definition) is 13. The zero-order valence-electron chi connectivity index (χ0n) is 42.7. The van der Waals surface area contributed by atoms with Crippen LogP contribution < -0.4 is 20.9 Å². The van der Waals surface area contributed by atoms with Crippen LogP contribution in [0.5, 0.6) is 0 Å². The second kappa shape index (κ2) is 26.1. The Morgan fingerprint density at radius 1 is 0.392 bits per heavy atom. The standard InChI is InChI=1S/2C22H14N2O4.C14H8O2.C4H5NO2/c1-23-19(21(25)27-3)17-13-9-5-7-11-15(13)18(20(24-2)22(26)28-4)16-12-8-6-10-14(16)17;1-24-20(22(26)28-3)19-15-10-6-4-8-13(15)18(17(12-23)21(25)27-2)14-9-5-7-11-16(14)19;15-13-9-5-1-2-6-10(9)14(16)12-8-4-3-7-11(12)13;1-5-3-4(6)7-2/h5-12H,3-4H3;4-11H,2-3H3;1-8H;3H2,2H3. The molecule has 0 spiro atoms. The molecule has 1 aliphatic carbocycles. The van der Waals surface area contributed by atoms with Crippen LogP contribution in [0.4, 0.5) is 0 Å². The maximum atomic E-state index is 12.3. The van der Waals surface area contributed by atoms with Gasteiger partial charge in [-0.05, 0) is 43.1 Å². The normalized spacial score (nSPS) is 10.4. The van der Waals surface area contributed by atoms with Gasteiger partial charge in [0.15, 0.2) is 11.6 Å². The van der Waals surface area contributed by atoms with Crippen molar-refractivity contribution in [2.45, 2.75) is 0 Å². The van der Waals surface area contributed by atoms with Crippen LogP contribution >= 0.6 is 0 Å². The third-order valence-corrected chi connectivity index (χ3v) is 12.1. The number of benzene rings is 8. The van der Waals surface area contributed by atoms with E-state index in [-0.39, 0.29) is 40.8 Å². The molecule has 0 aromatic heterocycles. The molecule has 9 rings (SSSR count). The van der Waals surface area contributed by atoms with Gasteiger partial charge in [-0.3, -0.25) is 24.0 Å². The SMILES string of the molecule is O=C1c2ccccc2C(=O)c2ccccc21.[C-]#[N+]C(C(=O)OC)=c1c2ccccc2c(=C(C#N)C(=O)OC)c2ccccc12.[C-]#[N+]C(C(=O)OC)=c1c2ccccc2c(=C([N+]#[C-])C(=O)OC)c2ccccc12.[C-]#[N+]CC(=O)OC. The minimum absolute atomic E-state index is 0.0641. The highest BCUT2D eigenvalue weighted by Crippen LogP contribution is 2.27. The third kappa shape index (κ3) is 11.4. The van der Waals surface area contributed by atoms with Gasteiger partial charge in [-0.15, -0.1) is 0 Å². The summed E-state index contributed by atoms with van der Waals surface area (Å²) in [7, 11) is 6.11. The lowest BCUT2D eigenvalue weighted by Crippen LogP contribution is -2.23. The molecule has 0 heterocycles. The number of ketones is 2. The number of rotatable bonds is 5. The second-order valence-electron chi connectivity index (χ2n) is 16.2. The highest BCUT2D eigenvalue weighted by molar-refractivity contribution is 6.28. The summed E-state index contributed by atoms with van der Waals surface area (Å²) < 4.78 is 23.3. The summed E-state index contributed by atoms with van der Waals surface area (Å²) in [5.74, 6) is -3.61. The molecule has 0 saturated heterocycles. The summed E-state index contributed by atoms with van der Waals surface area (Å²) in [6.07, 6.45) is 0. The van der Waals surface area contributed by atoms with E-state index in [1.807, 2.05) is 6.07 Å². The molecule has 0 bridgehead atoms. The lowest BCUT2D eigenvalue weighted by atomic mass is 9.84. The van der Waals surface area contributed by atoms with E-state index in [4.69, 9.17) is 45.2 Å². The molecule has 79 heavy (non-hydrogen) atoms. The molecule has 8 aromatic rings. The molecule has 386 valence electrons. The van der Waals surface area contributed by atoms with Crippen LogP contribution in [0.2, 0.25) is 0 Å². The molecular formula is C62H41N5O12. The zero-order valence-corrected chi connectivity index (χ0v) is 42.7. The van der Waals surface area contributed by atoms with Crippen molar-refractivity contribution in [1.82, 2.24) is 0 Å². The van der Waals surface area contributed by atoms with Gasteiger partial charge in [0.2, 0.25) is 0 Å². The van der Waals surface area contributed by atoms with E-state index in [0.717, 1.165) is 0 Å². The molecule has 0 saturated carbocycles. The highest BCUT2D eigenvalue weighted by atomic mass is 16.5. The molecular weight excluding hydrogens is 1010 g/mol. The summed E-state index contributed by atoms with van der Waals surface area (Å²) >= 11 is 0. The fourth-order valence-corrected chi connectivity index (χ4v) is 8.68. The van der Waals surface area contributed by atoms with E-state index in [2.05, 4.69) is 24.1 Å². The van der Waals surface area contributed by atoms with Gasteiger partial charge in [-0.25, -0.2) is 30.7 Å². The molecule has 17 heteroatoms. The number of esters is 5. The van der Waals surface area contributed by atoms with Gasteiger partial charge >= 0.3 is 36.4 Å². The van der Waals surface area contributed by atoms with Crippen LogP contribution in [-0.2, 0) is 47.7 Å². The Hall–Kier alpha value is -11.6. The summed E-state index contributed by atoms with van der Waals surface area (Å²) in [5, 5.41) is 15.8. The molecule has 0 radical (unpaired) electrons. The molecule has 8 aromatic carbocycles. The number of fused-ring (bicyclic) bond motifs is 6. The van der Waals surface area contributed by atoms with Crippen LogP contribution in [0.1, 0.15) is 31.8 Å². The number of nitriles is 1. The van der Waals surface area contributed by atoms with Crippen molar-refractivity contribution in [2.24, 2.45) is 0 Å².